The molecule has 3 heteroatoms. The minimum atomic E-state index is -0.576. The molecular formula is C17H18N2O. The third kappa shape index (κ3) is 2.32. The fourth-order valence-electron chi connectivity index (χ4n) is 2.46. The van der Waals surface area contributed by atoms with Crippen molar-refractivity contribution in [3.63, 3.8) is 0 Å². The first kappa shape index (κ1) is 12.9. The third-order valence-electron chi connectivity index (χ3n) is 3.52. The molecule has 20 heavy (non-hydrogen) atoms. The lowest BCUT2D eigenvalue weighted by Crippen LogP contribution is -2.07. The number of aliphatic hydroxyl groups excluding tert-OH is 1. The number of benzene rings is 2. The summed E-state index contributed by atoms with van der Waals surface area (Å²) in [5, 5.41) is 9.94. The third-order valence-corrected chi connectivity index (χ3v) is 3.52. The molecule has 1 heterocycles. The Labute approximate surface area is 118 Å². The Morgan fingerprint density at radius 1 is 1.10 bits per heavy atom. The van der Waals surface area contributed by atoms with Crippen molar-refractivity contribution in [3.05, 3.63) is 65.5 Å². The molecule has 0 aliphatic heterocycles. The fraction of sp³-hybridized carbons (Fsp3) is 0.235. The molecule has 1 unspecified atom stereocenters. The van der Waals surface area contributed by atoms with Crippen LogP contribution in [0.25, 0.3) is 11.0 Å². The van der Waals surface area contributed by atoms with E-state index in [-0.39, 0.29) is 0 Å². The molecule has 0 spiro atoms. The van der Waals surface area contributed by atoms with Crippen LogP contribution in [-0.2, 0) is 6.54 Å². The van der Waals surface area contributed by atoms with Gasteiger partial charge in [0.2, 0.25) is 0 Å². The van der Waals surface area contributed by atoms with E-state index in [9.17, 15) is 5.11 Å². The summed E-state index contributed by atoms with van der Waals surface area (Å²) < 4.78 is 2.09. The van der Waals surface area contributed by atoms with Gasteiger partial charge in [0.05, 0.1) is 11.0 Å². The van der Waals surface area contributed by atoms with Gasteiger partial charge in [-0.25, -0.2) is 4.98 Å². The molecule has 1 atom stereocenters. The van der Waals surface area contributed by atoms with Crippen molar-refractivity contribution in [2.45, 2.75) is 26.5 Å². The first-order valence-corrected chi connectivity index (χ1v) is 6.84. The topological polar surface area (TPSA) is 38.0 Å². The molecule has 2 aromatic carbocycles. The van der Waals surface area contributed by atoms with Gasteiger partial charge in [0.1, 0.15) is 11.9 Å². The Morgan fingerprint density at radius 2 is 1.80 bits per heavy atom. The highest BCUT2D eigenvalue weighted by atomic mass is 16.3. The first-order valence-electron chi connectivity index (χ1n) is 6.84. The minimum absolute atomic E-state index is 0.576. The van der Waals surface area contributed by atoms with Crippen LogP contribution in [0.2, 0.25) is 0 Å². The van der Waals surface area contributed by atoms with Crippen LogP contribution in [0.15, 0.2) is 48.5 Å². The Hall–Kier alpha value is -2.13. The van der Waals surface area contributed by atoms with E-state index in [0.29, 0.717) is 5.82 Å². The van der Waals surface area contributed by atoms with Crippen LogP contribution in [0.4, 0.5) is 0 Å². The molecule has 3 rings (SSSR count). The van der Waals surface area contributed by atoms with E-state index in [4.69, 9.17) is 0 Å². The SMILES string of the molecule is Cc1ccc(Cn2c(C(C)O)nc3ccccc32)cc1. The molecule has 0 aliphatic carbocycles. The molecule has 0 amide bonds. The van der Waals surface area contributed by atoms with Gasteiger partial charge < -0.3 is 9.67 Å². The van der Waals surface area contributed by atoms with Crippen molar-refractivity contribution in [1.82, 2.24) is 9.55 Å². The summed E-state index contributed by atoms with van der Waals surface area (Å²) in [6.45, 7) is 4.56. The second-order valence-electron chi connectivity index (χ2n) is 5.21. The molecule has 0 saturated carbocycles. The zero-order valence-corrected chi connectivity index (χ0v) is 11.7. The van der Waals surface area contributed by atoms with Crippen LogP contribution >= 0.6 is 0 Å². The predicted molar refractivity (Wildman–Crippen MR) is 80.6 cm³/mol. The maximum absolute atomic E-state index is 9.94. The highest BCUT2D eigenvalue weighted by Gasteiger charge is 2.14. The largest absolute Gasteiger partial charge is 0.385 e. The minimum Gasteiger partial charge on any atom is -0.385 e. The molecule has 1 N–H and O–H groups in total. The lowest BCUT2D eigenvalue weighted by molar-refractivity contribution is 0.185. The van der Waals surface area contributed by atoms with Crippen LogP contribution < -0.4 is 0 Å². The van der Waals surface area contributed by atoms with Gasteiger partial charge in [-0.15, -0.1) is 0 Å². The summed E-state index contributed by atoms with van der Waals surface area (Å²) in [5.41, 5.74) is 4.44. The van der Waals surface area contributed by atoms with E-state index in [2.05, 4.69) is 40.7 Å². The Bertz CT molecular complexity index is 726. The van der Waals surface area contributed by atoms with Crippen molar-refractivity contribution in [1.29, 1.82) is 0 Å². The maximum Gasteiger partial charge on any atom is 0.138 e. The molecule has 3 aromatic rings. The van der Waals surface area contributed by atoms with Gasteiger partial charge in [-0.1, -0.05) is 42.0 Å². The normalized spacial score (nSPS) is 12.8. The summed E-state index contributed by atoms with van der Waals surface area (Å²) in [6.07, 6.45) is -0.576. The fourth-order valence-corrected chi connectivity index (χ4v) is 2.46. The number of rotatable bonds is 3. The second kappa shape index (κ2) is 5.10. The van der Waals surface area contributed by atoms with Gasteiger partial charge in [0, 0.05) is 6.54 Å². The monoisotopic (exact) mass is 266 g/mol. The zero-order chi connectivity index (χ0) is 14.1. The van der Waals surface area contributed by atoms with E-state index < -0.39 is 6.10 Å². The molecule has 1 aromatic heterocycles. The number of imidazole rings is 1. The number of nitrogens with zero attached hydrogens (tertiary/aromatic N) is 2. The van der Waals surface area contributed by atoms with Gasteiger partial charge in [0.25, 0.3) is 0 Å². The number of aryl methyl sites for hydroxylation is 1. The number of para-hydroxylation sites is 2. The van der Waals surface area contributed by atoms with Crippen LogP contribution in [0.5, 0.6) is 0 Å². The maximum atomic E-state index is 9.94. The van der Waals surface area contributed by atoms with E-state index in [1.54, 1.807) is 6.92 Å². The Kier molecular flexibility index (Phi) is 3.28. The molecule has 102 valence electrons. The molecule has 0 saturated heterocycles. The van der Waals surface area contributed by atoms with E-state index in [0.717, 1.165) is 17.6 Å². The van der Waals surface area contributed by atoms with E-state index in [1.165, 1.54) is 11.1 Å². The quantitative estimate of drug-likeness (QED) is 0.788. The van der Waals surface area contributed by atoms with Crippen LogP contribution in [-0.4, -0.2) is 14.7 Å². The van der Waals surface area contributed by atoms with Gasteiger partial charge in [-0.05, 0) is 31.5 Å². The van der Waals surface area contributed by atoms with Gasteiger partial charge in [0.15, 0.2) is 0 Å². The summed E-state index contributed by atoms with van der Waals surface area (Å²) >= 11 is 0. The van der Waals surface area contributed by atoms with Crippen LogP contribution in [0.1, 0.15) is 30.0 Å². The van der Waals surface area contributed by atoms with Gasteiger partial charge in [-0.3, -0.25) is 0 Å². The van der Waals surface area contributed by atoms with E-state index >= 15 is 0 Å². The van der Waals surface area contributed by atoms with Crippen molar-refractivity contribution < 1.29 is 5.11 Å². The average molecular weight is 266 g/mol. The standard InChI is InChI=1S/C17H18N2O/c1-12-7-9-14(10-8-12)11-19-16-6-4-3-5-15(16)18-17(19)13(2)20/h3-10,13,20H,11H2,1-2H3. The molecule has 0 aliphatic rings. The zero-order valence-electron chi connectivity index (χ0n) is 11.7. The second-order valence-corrected chi connectivity index (χ2v) is 5.21. The summed E-state index contributed by atoms with van der Waals surface area (Å²) in [7, 11) is 0. The lowest BCUT2D eigenvalue weighted by Gasteiger charge is -2.11. The number of hydrogen-bond donors (Lipinski definition) is 1. The van der Waals surface area contributed by atoms with Gasteiger partial charge in [-0.2, -0.15) is 0 Å². The summed E-state index contributed by atoms with van der Waals surface area (Å²) in [4.78, 5) is 4.54. The molecule has 0 radical (unpaired) electrons. The molecule has 3 nitrogen and oxygen atoms in total. The number of hydrogen-bond acceptors (Lipinski definition) is 2. The van der Waals surface area contributed by atoms with Crippen molar-refractivity contribution >= 4 is 11.0 Å². The predicted octanol–water partition coefficient (Wildman–Crippen LogP) is 3.45. The Balaban J connectivity index is 2.09. The van der Waals surface area contributed by atoms with Crippen molar-refractivity contribution in [2.24, 2.45) is 0 Å². The molecular weight excluding hydrogens is 248 g/mol. The molecule has 0 bridgehead atoms. The van der Waals surface area contributed by atoms with E-state index in [1.807, 2.05) is 24.3 Å². The average Bonchev–Trinajstić information content (AvgIpc) is 2.81. The number of fused-ring (bicyclic) bond motifs is 1. The molecule has 0 fully saturated rings. The number of aromatic nitrogens is 2. The Morgan fingerprint density at radius 3 is 2.50 bits per heavy atom. The smallest absolute Gasteiger partial charge is 0.138 e. The first-order chi connectivity index (χ1) is 9.65. The van der Waals surface area contributed by atoms with Crippen molar-refractivity contribution in [3.8, 4) is 0 Å². The lowest BCUT2D eigenvalue weighted by atomic mass is 10.1. The number of aliphatic hydroxyl groups is 1. The highest BCUT2D eigenvalue weighted by molar-refractivity contribution is 5.76. The van der Waals surface area contributed by atoms with Crippen molar-refractivity contribution in [2.75, 3.05) is 0 Å². The van der Waals surface area contributed by atoms with Gasteiger partial charge >= 0.3 is 0 Å². The highest BCUT2D eigenvalue weighted by Crippen LogP contribution is 2.22. The van der Waals surface area contributed by atoms with Crippen LogP contribution in [0.3, 0.4) is 0 Å². The summed E-state index contributed by atoms with van der Waals surface area (Å²) in [6, 6.07) is 16.5. The van der Waals surface area contributed by atoms with Crippen LogP contribution in [0, 0.1) is 6.92 Å². The summed E-state index contributed by atoms with van der Waals surface area (Å²) in [5.74, 6) is 0.715.